The second-order valence-corrected chi connectivity index (χ2v) is 6.79. The van der Waals surface area contributed by atoms with Gasteiger partial charge in [-0.2, -0.15) is 4.39 Å². The van der Waals surface area contributed by atoms with Gasteiger partial charge < -0.3 is 16.4 Å². The number of nitrogens with two attached hydrogens (primary N) is 1. The van der Waals surface area contributed by atoms with Crippen molar-refractivity contribution in [3.05, 3.63) is 39.3 Å². The molecule has 1 amide bonds. The molecule has 2 aromatic rings. The highest BCUT2D eigenvalue weighted by atomic mass is 35.5. The number of nitrogens with one attached hydrogen (secondary N) is 2. The lowest BCUT2D eigenvalue weighted by Crippen LogP contribution is -2.47. The van der Waals surface area contributed by atoms with E-state index in [2.05, 4.69) is 20.6 Å². The average molecular weight is 395 g/mol. The van der Waals surface area contributed by atoms with Crippen LogP contribution in [0.15, 0.2) is 17.2 Å². The van der Waals surface area contributed by atoms with Crippen molar-refractivity contribution in [1.82, 2.24) is 19.9 Å². The van der Waals surface area contributed by atoms with Gasteiger partial charge in [-0.25, -0.2) is 9.97 Å². The highest BCUT2D eigenvalue weighted by Gasteiger charge is 2.43. The number of fused-ring (bicyclic) bond motifs is 1. The highest BCUT2D eigenvalue weighted by molar-refractivity contribution is 6.34. The monoisotopic (exact) mass is 394 g/mol. The number of hydrogen-bond acceptors (Lipinski definition) is 6. The number of aromatic nitrogens is 3. The van der Waals surface area contributed by atoms with Crippen LogP contribution in [-0.4, -0.2) is 20.4 Å². The summed E-state index contributed by atoms with van der Waals surface area (Å²) in [7, 11) is 0. The average Bonchev–Trinajstić information content (AvgIpc) is 2.95. The molecule has 0 spiro atoms. The van der Waals surface area contributed by atoms with Crippen LogP contribution in [0.25, 0.3) is 0 Å². The Kier molecular flexibility index (Phi) is 5.05. The minimum Gasteiger partial charge on any atom is -0.381 e. The Morgan fingerprint density at radius 3 is 2.78 bits per heavy atom. The zero-order valence-electron chi connectivity index (χ0n) is 15.0. The van der Waals surface area contributed by atoms with Gasteiger partial charge in [-0.1, -0.05) is 31.9 Å². The summed E-state index contributed by atoms with van der Waals surface area (Å²) in [5, 5.41) is 5.61. The smallest absolute Gasteiger partial charge is 0.276 e. The molecular formula is C17H20ClFN6O2. The summed E-state index contributed by atoms with van der Waals surface area (Å²) in [4.78, 5) is 32.9. The summed E-state index contributed by atoms with van der Waals surface area (Å²) in [5.74, 6) is -1.87. The molecule has 3 rings (SSSR count). The summed E-state index contributed by atoms with van der Waals surface area (Å²) >= 11 is 6.29. The largest absolute Gasteiger partial charge is 0.381 e. The van der Waals surface area contributed by atoms with E-state index in [1.54, 1.807) is 0 Å². The number of carbonyl (C=O) groups is 1. The van der Waals surface area contributed by atoms with E-state index < -0.39 is 22.9 Å². The van der Waals surface area contributed by atoms with Gasteiger partial charge in [0.1, 0.15) is 23.4 Å². The lowest BCUT2D eigenvalue weighted by molar-refractivity contribution is 0.0904. The Bertz CT molecular complexity index is 963. The van der Waals surface area contributed by atoms with Gasteiger partial charge >= 0.3 is 0 Å². The zero-order chi connectivity index (χ0) is 19.8. The van der Waals surface area contributed by atoms with Gasteiger partial charge in [0.25, 0.3) is 11.5 Å². The van der Waals surface area contributed by atoms with E-state index in [4.69, 9.17) is 17.3 Å². The van der Waals surface area contributed by atoms with Crippen LogP contribution in [0.1, 0.15) is 50.0 Å². The number of hydrogen-bond donors (Lipinski definition) is 3. The minimum absolute atomic E-state index is 0.00780. The van der Waals surface area contributed by atoms with E-state index in [0.29, 0.717) is 12.8 Å². The van der Waals surface area contributed by atoms with Crippen LogP contribution in [0.2, 0.25) is 5.02 Å². The molecule has 10 heteroatoms. The zero-order valence-corrected chi connectivity index (χ0v) is 15.7. The molecule has 1 atom stereocenters. The molecule has 27 heavy (non-hydrogen) atoms. The van der Waals surface area contributed by atoms with E-state index >= 15 is 0 Å². The maximum atomic E-state index is 14.1. The summed E-state index contributed by atoms with van der Waals surface area (Å²) in [6, 6.07) is 1.29. The number of pyridine rings is 1. The molecule has 1 aliphatic rings. The molecule has 0 saturated carbocycles. The number of amides is 1. The normalized spacial score (nSPS) is 18.3. The molecule has 144 valence electrons. The van der Waals surface area contributed by atoms with Crippen LogP contribution >= 0.6 is 11.6 Å². The first-order valence-corrected chi connectivity index (χ1v) is 9.04. The topological polar surface area (TPSA) is 115 Å². The van der Waals surface area contributed by atoms with E-state index in [-0.39, 0.29) is 28.0 Å². The molecule has 1 unspecified atom stereocenters. The molecule has 0 aromatic carbocycles. The Hall–Kier alpha value is -2.68. The summed E-state index contributed by atoms with van der Waals surface area (Å²) in [6.45, 7) is 3.91. The van der Waals surface area contributed by atoms with Crippen molar-refractivity contribution in [3.63, 3.8) is 0 Å². The maximum absolute atomic E-state index is 14.1. The number of halogens is 2. The first kappa shape index (κ1) is 19.1. The van der Waals surface area contributed by atoms with Gasteiger partial charge in [0, 0.05) is 0 Å². The number of rotatable bonds is 6. The number of unbranched alkanes of at least 4 members (excludes halogenated alkanes) is 1. The lowest BCUT2D eigenvalue weighted by atomic mass is 9.99. The summed E-state index contributed by atoms with van der Waals surface area (Å²) in [6.07, 6.45) is 3.87. The van der Waals surface area contributed by atoms with Crippen LogP contribution in [-0.2, 0) is 5.66 Å². The third-order valence-electron chi connectivity index (χ3n) is 4.74. The van der Waals surface area contributed by atoms with Crippen LogP contribution in [0.5, 0.6) is 0 Å². The Morgan fingerprint density at radius 1 is 1.37 bits per heavy atom. The SMILES string of the molecule is CCCCC1(CC)NC(=O)c2c(Cl)cc(Nc3ncnc(N)c3F)c(=O)n21. The third kappa shape index (κ3) is 3.12. The summed E-state index contributed by atoms with van der Waals surface area (Å²) < 4.78 is 15.5. The molecular weight excluding hydrogens is 375 g/mol. The fraction of sp³-hybridized carbons (Fsp3) is 0.412. The molecule has 0 saturated heterocycles. The molecule has 0 aliphatic carbocycles. The van der Waals surface area contributed by atoms with Crippen LogP contribution < -0.4 is 21.9 Å². The lowest BCUT2D eigenvalue weighted by Gasteiger charge is -2.30. The van der Waals surface area contributed by atoms with Gasteiger partial charge in [0.05, 0.1) is 5.02 Å². The molecule has 4 N–H and O–H groups in total. The van der Waals surface area contributed by atoms with Crippen molar-refractivity contribution < 1.29 is 9.18 Å². The third-order valence-corrected chi connectivity index (χ3v) is 5.03. The van der Waals surface area contributed by atoms with Crippen molar-refractivity contribution in [2.75, 3.05) is 11.1 Å². The van der Waals surface area contributed by atoms with E-state index in [1.165, 1.54) is 10.6 Å². The van der Waals surface area contributed by atoms with Crippen molar-refractivity contribution in [3.8, 4) is 0 Å². The maximum Gasteiger partial charge on any atom is 0.276 e. The van der Waals surface area contributed by atoms with E-state index in [0.717, 1.165) is 19.2 Å². The number of anilines is 3. The van der Waals surface area contributed by atoms with Crippen molar-refractivity contribution in [1.29, 1.82) is 0 Å². The van der Waals surface area contributed by atoms with Crippen molar-refractivity contribution in [2.45, 2.75) is 45.2 Å². The van der Waals surface area contributed by atoms with Crippen LogP contribution in [0.3, 0.4) is 0 Å². The highest BCUT2D eigenvalue weighted by Crippen LogP contribution is 2.34. The molecule has 0 bridgehead atoms. The van der Waals surface area contributed by atoms with Crippen molar-refractivity contribution >= 4 is 34.8 Å². The second kappa shape index (κ2) is 7.15. The predicted molar refractivity (Wildman–Crippen MR) is 101 cm³/mol. The summed E-state index contributed by atoms with van der Waals surface area (Å²) in [5.41, 5.74) is 4.17. The van der Waals surface area contributed by atoms with E-state index in [9.17, 15) is 14.0 Å². The van der Waals surface area contributed by atoms with Gasteiger partial charge in [-0.3, -0.25) is 14.2 Å². The van der Waals surface area contributed by atoms with Gasteiger partial charge in [-0.05, 0) is 25.3 Å². The molecule has 2 aromatic heterocycles. The number of carbonyl (C=O) groups excluding carboxylic acids is 1. The predicted octanol–water partition coefficient (Wildman–Crippen LogP) is 2.75. The second-order valence-electron chi connectivity index (χ2n) is 6.38. The van der Waals surface area contributed by atoms with E-state index in [1.807, 2.05) is 13.8 Å². The molecule has 0 fully saturated rings. The van der Waals surface area contributed by atoms with Crippen LogP contribution in [0.4, 0.5) is 21.7 Å². The minimum atomic E-state index is -0.875. The van der Waals surface area contributed by atoms with Crippen LogP contribution in [0, 0.1) is 5.82 Å². The first-order valence-electron chi connectivity index (χ1n) is 8.66. The fourth-order valence-electron chi connectivity index (χ4n) is 3.28. The Balaban J connectivity index is 2.15. The van der Waals surface area contributed by atoms with Gasteiger partial charge in [0.15, 0.2) is 11.6 Å². The number of nitrogen functional groups attached to an aromatic ring is 1. The standard InChI is InChI=1S/C17H20ClFN6O2/c1-3-5-6-17(4-2)24-15(26)12-9(18)7-10(16(27)25(12)17)23-14-11(19)13(20)21-8-22-14/h7-8H,3-6H2,1-2H3,(H,24,26)(H3,20,21,22,23). The molecule has 3 heterocycles. The van der Waals surface area contributed by atoms with Crippen molar-refractivity contribution in [2.24, 2.45) is 0 Å². The fourth-order valence-corrected chi connectivity index (χ4v) is 3.56. The molecule has 1 aliphatic heterocycles. The molecule has 8 nitrogen and oxygen atoms in total. The van der Waals surface area contributed by atoms with Gasteiger partial charge in [-0.15, -0.1) is 0 Å². The Labute approximate surface area is 160 Å². The quantitative estimate of drug-likeness (QED) is 0.693. The molecule has 0 radical (unpaired) electrons. The first-order chi connectivity index (χ1) is 12.8. The van der Waals surface area contributed by atoms with Gasteiger partial charge in [0.2, 0.25) is 5.82 Å². The number of nitrogens with zero attached hydrogens (tertiary/aromatic N) is 3. The Morgan fingerprint density at radius 2 is 2.11 bits per heavy atom.